The van der Waals surface area contributed by atoms with Gasteiger partial charge in [0, 0.05) is 12.7 Å². The molecule has 0 bridgehead atoms. The lowest BCUT2D eigenvalue weighted by Crippen LogP contribution is -2.15. The quantitative estimate of drug-likeness (QED) is 0.843. The number of anilines is 2. The predicted octanol–water partition coefficient (Wildman–Crippen LogP) is 3.70. The van der Waals surface area contributed by atoms with Crippen LogP contribution in [0.25, 0.3) is 0 Å². The predicted molar refractivity (Wildman–Crippen MR) is 84.6 cm³/mol. The molecule has 6 heteroatoms. The van der Waals surface area contributed by atoms with E-state index in [4.69, 9.17) is 16.3 Å². The second-order valence-electron chi connectivity index (χ2n) is 4.94. The van der Waals surface area contributed by atoms with Crippen molar-refractivity contribution in [1.82, 2.24) is 15.0 Å². The number of rotatable bonds is 5. The summed E-state index contributed by atoms with van der Waals surface area (Å²) in [5, 5.41) is 0.127. The number of nitrogens with zero attached hydrogens (tertiary/aromatic N) is 4. The molecule has 0 spiro atoms. The van der Waals surface area contributed by atoms with Gasteiger partial charge in [-0.25, -0.2) is 0 Å². The molecule has 21 heavy (non-hydrogen) atoms. The number of benzene rings is 1. The van der Waals surface area contributed by atoms with E-state index in [0.29, 0.717) is 12.6 Å². The van der Waals surface area contributed by atoms with E-state index in [9.17, 15) is 0 Å². The molecule has 0 radical (unpaired) electrons. The first kappa shape index (κ1) is 15.5. The van der Waals surface area contributed by atoms with E-state index < -0.39 is 0 Å². The second-order valence-corrected chi connectivity index (χ2v) is 5.28. The van der Waals surface area contributed by atoms with Crippen molar-refractivity contribution in [3.05, 3.63) is 34.6 Å². The number of hydrogen-bond donors (Lipinski definition) is 0. The van der Waals surface area contributed by atoms with Gasteiger partial charge in [-0.3, -0.25) is 0 Å². The fourth-order valence-electron chi connectivity index (χ4n) is 1.99. The summed E-state index contributed by atoms with van der Waals surface area (Å²) >= 11 is 5.95. The molecule has 0 aliphatic rings. The van der Waals surface area contributed by atoms with Crippen LogP contribution in [0.1, 0.15) is 24.5 Å². The van der Waals surface area contributed by atoms with Crippen molar-refractivity contribution >= 4 is 23.2 Å². The Morgan fingerprint density at radius 1 is 1.10 bits per heavy atom. The summed E-state index contributed by atoms with van der Waals surface area (Å²) in [4.78, 5) is 14.3. The second kappa shape index (κ2) is 6.72. The van der Waals surface area contributed by atoms with Crippen LogP contribution in [0.3, 0.4) is 0 Å². The molecule has 0 saturated heterocycles. The molecule has 0 N–H and O–H groups in total. The normalized spacial score (nSPS) is 10.5. The maximum Gasteiger partial charge on any atom is 0.322 e. The average molecular weight is 307 g/mol. The summed E-state index contributed by atoms with van der Waals surface area (Å²) in [6, 6.07) is 6.50. The molecular formula is C15H19ClN4O. The zero-order valence-corrected chi connectivity index (χ0v) is 13.5. The van der Waals surface area contributed by atoms with E-state index in [1.807, 2.05) is 18.9 Å². The fraction of sp³-hybridized carbons (Fsp3) is 0.400. The van der Waals surface area contributed by atoms with Crippen LogP contribution in [0, 0.1) is 13.8 Å². The minimum Gasteiger partial charge on any atom is -0.463 e. The lowest BCUT2D eigenvalue weighted by atomic mass is 10.1. The Morgan fingerprint density at radius 2 is 1.76 bits per heavy atom. The molecule has 1 heterocycles. The van der Waals surface area contributed by atoms with Crippen LogP contribution in [0.5, 0.6) is 6.01 Å². The maximum absolute atomic E-state index is 5.95. The van der Waals surface area contributed by atoms with Gasteiger partial charge in [-0.15, -0.1) is 0 Å². The Balaban J connectivity index is 2.33. The minimum atomic E-state index is 0.127. The number of halogens is 1. The monoisotopic (exact) mass is 306 g/mol. The summed E-state index contributed by atoms with van der Waals surface area (Å²) in [5.41, 5.74) is 3.36. The molecule has 1 aromatic heterocycles. The minimum absolute atomic E-state index is 0.127. The van der Waals surface area contributed by atoms with Crippen LogP contribution in [-0.4, -0.2) is 28.6 Å². The highest BCUT2D eigenvalue weighted by Crippen LogP contribution is 2.24. The molecule has 2 aromatic rings. The number of hydrogen-bond acceptors (Lipinski definition) is 5. The van der Waals surface area contributed by atoms with E-state index in [1.165, 1.54) is 11.1 Å². The summed E-state index contributed by atoms with van der Waals surface area (Å²) < 4.78 is 5.44. The highest BCUT2D eigenvalue weighted by molar-refractivity contribution is 6.28. The Labute approximate surface area is 130 Å². The third kappa shape index (κ3) is 4.04. The van der Waals surface area contributed by atoms with E-state index in [0.717, 1.165) is 12.1 Å². The van der Waals surface area contributed by atoms with Gasteiger partial charge in [0.1, 0.15) is 0 Å². The smallest absolute Gasteiger partial charge is 0.322 e. The highest BCUT2D eigenvalue weighted by Gasteiger charge is 2.12. The summed E-state index contributed by atoms with van der Waals surface area (Å²) in [5.74, 6) is 0.464. The van der Waals surface area contributed by atoms with E-state index >= 15 is 0 Å². The Hall–Kier alpha value is -1.88. The SMILES string of the molecule is CCCOc1nc(Cl)nc(N(C)c2cc(C)cc(C)c2)n1. The number of aromatic nitrogens is 3. The third-order valence-electron chi connectivity index (χ3n) is 2.90. The van der Waals surface area contributed by atoms with E-state index in [2.05, 4.69) is 47.0 Å². The maximum atomic E-state index is 5.95. The molecule has 0 saturated carbocycles. The van der Waals surface area contributed by atoms with Crippen molar-refractivity contribution in [2.45, 2.75) is 27.2 Å². The zero-order valence-electron chi connectivity index (χ0n) is 12.7. The van der Waals surface area contributed by atoms with E-state index in [-0.39, 0.29) is 11.3 Å². The van der Waals surface area contributed by atoms with Crippen molar-refractivity contribution < 1.29 is 4.74 Å². The van der Waals surface area contributed by atoms with Crippen LogP contribution in [-0.2, 0) is 0 Å². The highest BCUT2D eigenvalue weighted by atomic mass is 35.5. The Kier molecular flexibility index (Phi) is 4.96. The van der Waals surface area contributed by atoms with E-state index in [1.54, 1.807) is 0 Å². The Bertz CT molecular complexity index is 613. The molecule has 0 unspecified atom stereocenters. The first-order valence-corrected chi connectivity index (χ1v) is 7.23. The standard InChI is InChI=1S/C15H19ClN4O/c1-5-6-21-15-18-13(16)17-14(19-15)20(4)12-8-10(2)7-11(3)9-12/h7-9H,5-6H2,1-4H3. The Morgan fingerprint density at radius 3 is 2.38 bits per heavy atom. The lowest BCUT2D eigenvalue weighted by Gasteiger charge is -2.18. The fourth-order valence-corrected chi connectivity index (χ4v) is 2.14. The van der Waals surface area contributed by atoms with Crippen molar-refractivity contribution in [3.63, 3.8) is 0 Å². The molecule has 0 amide bonds. The summed E-state index contributed by atoms with van der Waals surface area (Å²) in [6.07, 6.45) is 0.881. The largest absolute Gasteiger partial charge is 0.463 e. The molecule has 112 valence electrons. The first-order chi connectivity index (χ1) is 9.99. The summed E-state index contributed by atoms with van der Waals surface area (Å²) in [6.45, 7) is 6.68. The van der Waals surface area contributed by atoms with Gasteiger partial charge >= 0.3 is 6.01 Å². The van der Waals surface area contributed by atoms with Crippen molar-refractivity contribution in [2.75, 3.05) is 18.6 Å². The molecule has 1 aromatic carbocycles. The third-order valence-corrected chi connectivity index (χ3v) is 3.07. The molecule has 0 fully saturated rings. The summed E-state index contributed by atoms with van der Waals surface area (Å²) in [7, 11) is 1.89. The lowest BCUT2D eigenvalue weighted by molar-refractivity contribution is 0.291. The van der Waals surface area contributed by atoms with Crippen LogP contribution in [0.2, 0.25) is 5.28 Å². The molecule has 0 aliphatic carbocycles. The van der Waals surface area contributed by atoms with Crippen LogP contribution < -0.4 is 9.64 Å². The van der Waals surface area contributed by atoms with Gasteiger partial charge in [-0.2, -0.15) is 15.0 Å². The topological polar surface area (TPSA) is 51.1 Å². The van der Waals surface area contributed by atoms with Gasteiger partial charge < -0.3 is 9.64 Å². The van der Waals surface area contributed by atoms with Crippen molar-refractivity contribution in [3.8, 4) is 6.01 Å². The number of aryl methyl sites for hydroxylation is 2. The molecule has 5 nitrogen and oxygen atoms in total. The van der Waals surface area contributed by atoms with Crippen LogP contribution in [0.15, 0.2) is 18.2 Å². The van der Waals surface area contributed by atoms with Gasteiger partial charge in [0.05, 0.1) is 6.61 Å². The first-order valence-electron chi connectivity index (χ1n) is 6.86. The average Bonchev–Trinajstić information content (AvgIpc) is 2.42. The molecule has 0 atom stereocenters. The van der Waals surface area contributed by atoms with Crippen molar-refractivity contribution in [1.29, 1.82) is 0 Å². The molecule has 0 aliphatic heterocycles. The van der Waals surface area contributed by atoms with Crippen LogP contribution in [0.4, 0.5) is 11.6 Å². The van der Waals surface area contributed by atoms with Gasteiger partial charge in [0.15, 0.2) is 0 Å². The zero-order chi connectivity index (χ0) is 15.4. The van der Waals surface area contributed by atoms with Gasteiger partial charge in [0.2, 0.25) is 11.2 Å². The molecular weight excluding hydrogens is 288 g/mol. The molecule has 2 rings (SSSR count). The van der Waals surface area contributed by atoms with Crippen LogP contribution >= 0.6 is 11.6 Å². The van der Waals surface area contributed by atoms with Gasteiger partial charge in [-0.1, -0.05) is 13.0 Å². The number of ether oxygens (including phenoxy) is 1. The van der Waals surface area contributed by atoms with Crippen molar-refractivity contribution in [2.24, 2.45) is 0 Å². The van der Waals surface area contributed by atoms with Gasteiger partial charge in [0.25, 0.3) is 0 Å². The van der Waals surface area contributed by atoms with Gasteiger partial charge in [-0.05, 0) is 55.1 Å².